The van der Waals surface area contributed by atoms with Crippen molar-refractivity contribution in [3.05, 3.63) is 28.8 Å². The third-order valence-corrected chi connectivity index (χ3v) is 4.04. The minimum atomic E-state index is 0.846. The van der Waals surface area contributed by atoms with Gasteiger partial charge in [-0.25, -0.2) is 0 Å². The first-order valence-corrected chi connectivity index (χ1v) is 6.72. The molecule has 1 aliphatic heterocycles. The zero-order chi connectivity index (χ0) is 12.3. The molecule has 1 atom stereocenters. The summed E-state index contributed by atoms with van der Waals surface area (Å²) in [7, 11) is 2.14. The van der Waals surface area contributed by atoms with Gasteiger partial charge < -0.3 is 10.2 Å². The van der Waals surface area contributed by atoms with Crippen molar-refractivity contribution >= 4 is 17.3 Å². The normalized spacial score (nSPS) is 19.6. The summed E-state index contributed by atoms with van der Waals surface area (Å²) in [5.41, 5.74) is 2.36. The van der Waals surface area contributed by atoms with Gasteiger partial charge in [-0.15, -0.1) is 0 Å². The molecule has 1 heterocycles. The molecule has 1 fully saturated rings. The van der Waals surface area contributed by atoms with E-state index in [0.29, 0.717) is 0 Å². The lowest BCUT2D eigenvalue weighted by atomic mass is 10.0. The van der Waals surface area contributed by atoms with Gasteiger partial charge in [0.1, 0.15) is 0 Å². The van der Waals surface area contributed by atoms with Crippen LogP contribution in [-0.2, 0) is 0 Å². The summed E-state index contributed by atoms with van der Waals surface area (Å²) >= 11 is 6.15. The van der Waals surface area contributed by atoms with Crippen molar-refractivity contribution in [3.63, 3.8) is 0 Å². The van der Waals surface area contributed by atoms with Gasteiger partial charge in [0.15, 0.2) is 0 Å². The van der Waals surface area contributed by atoms with E-state index in [1.54, 1.807) is 0 Å². The Morgan fingerprint density at radius 2 is 2.29 bits per heavy atom. The lowest BCUT2D eigenvalue weighted by molar-refractivity contribution is 0.533. The molecule has 1 N–H and O–H groups in total. The first kappa shape index (κ1) is 12.7. The van der Waals surface area contributed by atoms with E-state index in [1.807, 2.05) is 6.92 Å². The first-order valence-electron chi connectivity index (χ1n) is 6.35. The van der Waals surface area contributed by atoms with E-state index in [-0.39, 0.29) is 0 Å². The fourth-order valence-electron chi connectivity index (χ4n) is 2.29. The smallest absolute Gasteiger partial charge is 0.0455 e. The fraction of sp³-hybridized carbons (Fsp3) is 0.571. The predicted octanol–water partition coefficient (Wildman–Crippen LogP) is 3.08. The maximum absolute atomic E-state index is 6.15. The molecule has 2 rings (SSSR count). The number of hydrogen-bond donors (Lipinski definition) is 1. The average molecular weight is 253 g/mol. The van der Waals surface area contributed by atoms with Gasteiger partial charge in [0.05, 0.1) is 0 Å². The van der Waals surface area contributed by atoms with Crippen LogP contribution in [0.25, 0.3) is 0 Å². The quantitative estimate of drug-likeness (QED) is 0.886. The van der Waals surface area contributed by atoms with Crippen molar-refractivity contribution in [3.8, 4) is 0 Å². The maximum atomic E-state index is 6.15. The van der Waals surface area contributed by atoms with Gasteiger partial charge in [-0.2, -0.15) is 0 Å². The van der Waals surface area contributed by atoms with Crippen LogP contribution in [0.5, 0.6) is 0 Å². The summed E-state index contributed by atoms with van der Waals surface area (Å²) in [5, 5.41) is 4.27. The Balaban J connectivity index is 1.89. The highest BCUT2D eigenvalue weighted by Crippen LogP contribution is 2.23. The van der Waals surface area contributed by atoms with Crippen molar-refractivity contribution in [2.45, 2.75) is 19.8 Å². The minimum absolute atomic E-state index is 0.846. The second-order valence-electron chi connectivity index (χ2n) is 5.00. The lowest BCUT2D eigenvalue weighted by Gasteiger charge is -2.21. The van der Waals surface area contributed by atoms with Crippen LogP contribution in [0.4, 0.5) is 5.69 Å². The number of nitrogens with zero attached hydrogens (tertiary/aromatic N) is 1. The monoisotopic (exact) mass is 252 g/mol. The molecule has 0 bridgehead atoms. The predicted molar refractivity (Wildman–Crippen MR) is 75.1 cm³/mol. The van der Waals surface area contributed by atoms with Crippen molar-refractivity contribution < 1.29 is 0 Å². The topological polar surface area (TPSA) is 15.3 Å². The molecular formula is C14H21ClN2. The largest absolute Gasteiger partial charge is 0.375 e. The summed E-state index contributed by atoms with van der Waals surface area (Å²) in [5.74, 6) is 0.846. The Morgan fingerprint density at radius 1 is 1.47 bits per heavy atom. The first-order chi connectivity index (χ1) is 8.16. The standard InChI is InChI=1S/C14H21ClN2/c1-11-3-4-13(9-14(11)15)17(2)8-6-12-5-7-16-10-12/h3-4,9,12,16H,5-8,10H2,1-2H3. The van der Waals surface area contributed by atoms with E-state index in [4.69, 9.17) is 11.6 Å². The number of anilines is 1. The zero-order valence-electron chi connectivity index (χ0n) is 10.7. The molecule has 1 saturated heterocycles. The average Bonchev–Trinajstić information content (AvgIpc) is 2.82. The second kappa shape index (κ2) is 5.74. The summed E-state index contributed by atoms with van der Waals surface area (Å²) in [6, 6.07) is 6.29. The molecule has 0 aliphatic carbocycles. The Morgan fingerprint density at radius 3 is 2.94 bits per heavy atom. The number of benzene rings is 1. The van der Waals surface area contributed by atoms with Gasteiger partial charge in [-0.05, 0) is 56.5 Å². The summed E-state index contributed by atoms with van der Waals surface area (Å²) in [6.45, 7) is 5.51. The lowest BCUT2D eigenvalue weighted by Crippen LogP contribution is -2.21. The Bertz CT molecular complexity index is 372. The number of aryl methyl sites for hydroxylation is 1. The van der Waals surface area contributed by atoms with Crippen LogP contribution in [0.3, 0.4) is 0 Å². The van der Waals surface area contributed by atoms with Gasteiger partial charge >= 0.3 is 0 Å². The summed E-state index contributed by atoms with van der Waals surface area (Å²) < 4.78 is 0. The van der Waals surface area contributed by atoms with Crippen LogP contribution in [0.1, 0.15) is 18.4 Å². The highest BCUT2D eigenvalue weighted by molar-refractivity contribution is 6.31. The highest BCUT2D eigenvalue weighted by atomic mass is 35.5. The number of hydrogen-bond acceptors (Lipinski definition) is 2. The van der Waals surface area contributed by atoms with E-state index in [2.05, 4.69) is 35.5 Å². The molecule has 94 valence electrons. The van der Waals surface area contributed by atoms with Crippen LogP contribution in [0, 0.1) is 12.8 Å². The third-order valence-electron chi connectivity index (χ3n) is 3.63. The molecule has 1 aliphatic rings. The van der Waals surface area contributed by atoms with Crippen LogP contribution >= 0.6 is 11.6 Å². The van der Waals surface area contributed by atoms with Gasteiger partial charge in [0, 0.05) is 24.3 Å². The van der Waals surface area contributed by atoms with E-state index in [9.17, 15) is 0 Å². The number of nitrogens with one attached hydrogen (secondary N) is 1. The number of rotatable bonds is 4. The van der Waals surface area contributed by atoms with Crippen LogP contribution < -0.4 is 10.2 Å². The van der Waals surface area contributed by atoms with Crippen molar-refractivity contribution in [2.75, 3.05) is 31.6 Å². The van der Waals surface area contributed by atoms with E-state index >= 15 is 0 Å². The van der Waals surface area contributed by atoms with Crippen molar-refractivity contribution in [2.24, 2.45) is 5.92 Å². The molecule has 0 saturated carbocycles. The molecule has 1 aromatic rings. The molecule has 0 spiro atoms. The van der Waals surface area contributed by atoms with Gasteiger partial charge in [0.2, 0.25) is 0 Å². The molecule has 17 heavy (non-hydrogen) atoms. The van der Waals surface area contributed by atoms with E-state index < -0.39 is 0 Å². The van der Waals surface area contributed by atoms with Crippen LogP contribution in [0.15, 0.2) is 18.2 Å². The van der Waals surface area contributed by atoms with Crippen LogP contribution in [-0.4, -0.2) is 26.7 Å². The van der Waals surface area contributed by atoms with Crippen LogP contribution in [0.2, 0.25) is 5.02 Å². The second-order valence-corrected chi connectivity index (χ2v) is 5.41. The molecule has 1 unspecified atom stereocenters. The van der Waals surface area contributed by atoms with Crippen molar-refractivity contribution in [1.82, 2.24) is 5.32 Å². The molecule has 2 nitrogen and oxygen atoms in total. The van der Waals surface area contributed by atoms with E-state index in [1.165, 1.54) is 31.6 Å². The Labute approximate surface area is 109 Å². The molecule has 0 amide bonds. The Hall–Kier alpha value is -0.730. The molecule has 0 radical (unpaired) electrons. The minimum Gasteiger partial charge on any atom is -0.375 e. The highest BCUT2D eigenvalue weighted by Gasteiger charge is 2.14. The molecular weight excluding hydrogens is 232 g/mol. The summed E-state index contributed by atoms with van der Waals surface area (Å²) in [6.07, 6.45) is 2.58. The van der Waals surface area contributed by atoms with E-state index in [0.717, 1.165) is 23.0 Å². The SMILES string of the molecule is Cc1ccc(N(C)CCC2CCNC2)cc1Cl. The van der Waals surface area contributed by atoms with Gasteiger partial charge in [-0.3, -0.25) is 0 Å². The third kappa shape index (κ3) is 3.36. The number of halogens is 1. The zero-order valence-corrected chi connectivity index (χ0v) is 11.4. The Kier molecular flexibility index (Phi) is 4.30. The summed E-state index contributed by atoms with van der Waals surface area (Å²) in [4.78, 5) is 2.30. The van der Waals surface area contributed by atoms with Gasteiger partial charge in [-0.1, -0.05) is 17.7 Å². The van der Waals surface area contributed by atoms with Gasteiger partial charge in [0.25, 0.3) is 0 Å². The molecule has 3 heteroatoms. The molecule has 1 aromatic carbocycles. The molecule has 0 aromatic heterocycles. The van der Waals surface area contributed by atoms with Crippen molar-refractivity contribution in [1.29, 1.82) is 0 Å². The maximum Gasteiger partial charge on any atom is 0.0455 e. The fourth-order valence-corrected chi connectivity index (χ4v) is 2.46.